The molecule has 4 nitrogen and oxygen atoms in total. The van der Waals surface area contributed by atoms with Crippen molar-refractivity contribution in [1.29, 1.82) is 0 Å². The van der Waals surface area contributed by atoms with E-state index in [4.69, 9.17) is 27.8 Å². The van der Waals surface area contributed by atoms with Crippen LogP contribution >= 0.6 is 39.1 Å². The van der Waals surface area contributed by atoms with Crippen LogP contribution in [0.15, 0.2) is 40.9 Å². The van der Waals surface area contributed by atoms with E-state index in [2.05, 4.69) is 20.7 Å². The van der Waals surface area contributed by atoms with Crippen molar-refractivity contribution < 1.29 is 13.6 Å². The quantitative estimate of drug-likeness (QED) is 0.523. The van der Waals surface area contributed by atoms with Crippen LogP contribution in [0.2, 0.25) is 10.0 Å². The minimum Gasteiger partial charge on any atom is -0.294 e. The molecule has 0 aliphatic carbocycles. The van der Waals surface area contributed by atoms with Crippen LogP contribution < -0.4 is 4.72 Å². The van der Waals surface area contributed by atoms with E-state index in [1.54, 1.807) is 37.3 Å². The van der Waals surface area contributed by atoms with Gasteiger partial charge in [0.25, 0.3) is 0 Å². The molecule has 0 bridgehead atoms. The molecule has 0 saturated heterocycles. The van der Waals surface area contributed by atoms with Crippen molar-refractivity contribution in [2.45, 2.75) is 13.0 Å². The number of nitrogens with one attached hydrogen (secondary N) is 1. The highest BCUT2D eigenvalue weighted by Crippen LogP contribution is 2.31. The first-order valence-electron chi connectivity index (χ1n) is 6.46. The Bertz CT molecular complexity index is 768. The molecule has 2 aromatic carbocycles. The number of halogens is 3. The Balaban J connectivity index is 2.38. The molecule has 2 rings (SSSR count). The normalized spacial score (nSPS) is 13.6. The molecule has 0 heterocycles. The van der Waals surface area contributed by atoms with Gasteiger partial charge in [0, 0.05) is 31.7 Å². The number of hydrogen-bond acceptors (Lipinski definition) is 2. The molecule has 0 aliphatic rings. The van der Waals surface area contributed by atoms with E-state index < -0.39 is 17.3 Å². The molecule has 2 unspecified atom stereocenters. The molecule has 2 aromatic rings. The summed E-state index contributed by atoms with van der Waals surface area (Å²) < 4.78 is 22.7. The number of rotatable bonds is 5. The molecule has 0 amide bonds. The Labute approximate surface area is 154 Å². The summed E-state index contributed by atoms with van der Waals surface area (Å²) in [4.78, 5) is 12.6. The van der Waals surface area contributed by atoms with Gasteiger partial charge >= 0.3 is 0 Å². The molecule has 0 spiro atoms. The lowest BCUT2D eigenvalue weighted by Crippen LogP contribution is -2.21. The van der Waals surface area contributed by atoms with Gasteiger partial charge in [-0.05, 0) is 48.9 Å². The van der Waals surface area contributed by atoms with Gasteiger partial charge in [-0.15, -0.1) is 0 Å². The predicted molar refractivity (Wildman–Crippen MR) is 96.4 cm³/mol. The van der Waals surface area contributed by atoms with Crippen LogP contribution in [-0.4, -0.2) is 14.5 Å². The average Bonchev–Trinajstić information content (AvgIpc) is 2.48. The van der Waals surface area contributed by atoms with Crippen molar-refractivity contribution >= 4 is 56.2 Å². The van der Waals surface area contributed by atoms with Crippen molar-refractivity contribution in [3.63, 3.8) is 0 Å². The highest BCUT2D eigenvalue weighted by atomic mass is 79.9. The zero-order valence-corrected chi connectivity index (χ0v) is 15.8. The number of hydrogen-bond donors (Lipinski definition) is 2. The highest BCUT2D eigenvalue weighted by Gasteiger charge is 2.18. The maximum Gasteiger partial charge on any atom is 0.232 e. The van der Waals surface area contributed by atoms with E-state index in [1.165, 1.54) is 6.07 Å². The number of benzene rings is 2. The third-order valence-electron chi connectivity index (χ3n) is 3.18. The van der Waals surface area contributed by atoms with Gasteiger partial charge in [-0.25, -0.2) is 8.93 Å². The summed E-state index contributed by atoms with van der Waals surface area (Å²) in [5, 5.41) is 0.877. The van der Waals surface area contributed by atoms with Crippen molar-refractivity contribution in [2.24, 2.45) is 0 Å². The fourth-order valence-corrected chi connectivity index (χ4v) is 3.46. The zero-order chi connectivity index (χ0) is 17.1. The van der Waals surface area contributed by atoms with Gasteiger partial charge in [-0.2, -0.15) is 0 Å². The van der Waals surface area contributed by atoms with Crippen molar-refractivity contribution in [1.82, 2.24) is 4.72 Å². The first-order chi connectivity index (χ1) is 10.8. The van der Waals surface area contributed by atoms with E-state index in [9.17, 15) is 9.00 Å². The van der Waals surface area contributed by atoms with Crippen LogP contribution in [0.5, 0.6) is 0 Å². The lowest BCUT2D eigenvalue weighted by molar-refractivity contribution is 0.103. The van der Waals surface area contributed by atoms with E-state index >= 15 is 0 Å². The van der Waals surface area contributed by atoms with E-state index in [0.29, 0.717) is 31.2 Å². The van der Waals surface area contributed by atoms with Crippen LogP contribution in [-0.2, 0) is 11.3 Å². The SMILES string of the molecule is CC(NS(=O)O)c1cc(Br)c(C(=O)c2ccc(Cl)cc2)cc1Cl. The molecule has 122 valence electrons. The Morgan fingerprint density at radius 1 is 1.26 bits per heavy atom. The Morgan fingerprint density at radius 2 is 1.87 bits per heavy atom. The zero-order valence-electron chi connectivity index (χ0n) is 11.8. The van der Waals surface area contributed by atoms with Crippen molar-refractivity contribution in [3.8, 4) is 0 Å². The molecule has 0 fully saturated rings. The van der Waals surface area contributed by atoms with Gasteiger partial charge in [0.15, 0.2) is 5.78 Å². The lowest BCUT2D eigenvalue weighted by Gasteiger charge is -2.15. The second-order valence-electron chi connectivity index (χ2n) is 4.78. The minimum absolute atomic E-state index is 0.201. The summed E-state index contributed by atoms with van der Waals surface area (Å²) in [6.07, 6.45) is 0. The van der Waals surface area contributed by atoms with Gasteiger partial charge in [0.1, 0.15) is 0 Å². The molecule has 2 atom stereocenters. The van der Waals surface area contributed by atoms with Gasteiger partial charge in [-0.1, -0.05) is 39.1 Å². The largest absolute Gasteiger partial charge is 0.294 e. The molecule has 23 heavy (non-hydrogen) atoms. The first-order valence-corrected chi connectivity index (χ1v) is 9.11. The van der Waals surface area contributed by atoms with Gasteiger partial charge < -0.3 is 0 Å². The maximum absolute atomic E-state index is 12.6. The minimum atomic E-state index is -2.16. The average molecular weight is 437 g/mol. The van der Waals surface area contributed by atoms with Crippen LogP contribution in [0.25, 0.3) is 0 Å². The van der Waals surface area contributed by atoms with E-state index in [0.717, 1.165) is 0 Å². The Kier molecular flexibility index (Phi) is 6.36. The molecule has 2 N–H and O–H groups in total. The fraction of sp³-hybridized carbons (Fsp3) is 0.133. The second-order valence-corrected chi connectivity index (χ2v) is 7.21. The summed E-state index contributed by atoms with van der Waals surface area (Å²) >= 11 is 13.2. The first kappa shape index (κ1) is 18.6. The third-order valence-corrected chi connectivity index (χ3v) is 4.97. The molecule has 0 radical (unpaired) electrons. The van der Waals surface area contributed by atoms with Gasteiger partial charge in [-0.3, -0.25) is 9.35 Å². The van der Waals surface area contributed by atoms with Crippen molar-refractivity contribution in [2.75, 3.05) is 0 Å². The van der Waals surface area contributed by atoms with E-state index in [-0.39, 0.29) is 5.78 Å². The lowest BCUT2D eigenvalue weighted by atomic mass is 10.0. The Hall–Kier alpha value is -0.760. The monoisotopic (exact) mass is 435 g/mol. The van der Waals surface area contributed by atoms with Crippen LogP contribution in [0, 0.1) is 0 Å². The molecule has 0 aliphatic heterocycles. The predicted octanol–water partition coefficient (Wildman–Crippen LogP) is 4.77. The summed E-state index contributed by atoms with van der Waals surface area (Å²) in [6.45, 7) is 1.70. The molecule has 0 aromatic heterocycles. The highest BCUT2D eigenvalue weighted by molar-refractivity contribution is 9.10. The molecular formula is C15H12BrCl2NO3S. The molecular weight excluding hydrogens is 425 g/mol. The summed E-state index contributed by atoms with van der Waals surface area (Å²) in [7, 11) is 0. The topological polar surface area (TPSA) is 66.4 Å². The van der Waals surface area contributed by atoms with Crippen molar-refractivity contribution in [3.05, 3.63) is 67.6 Å². The van der Waals surface area contributed by atoms with Crippen LogP contribution in [0.3, 0.4) is 0 Å². The van der Waals surface area contributed by atoms with Gasteiger partial charge in [0.05, 0.1) is 0 Å². The van der Waals surface area contributed by atoms with Gasteiger partial charge in [0.2, 0.25) is 11.3 Å². The summed E-state index contributed by atoms with van der Waals surface area (Å²) in [6, 6.07) is 9.30. The van der Waals surface area contributed by atoms with E-state index in [1.807, 2.05) is 0 Å². The number of ketones is 1. The third kappa shape index (κ3) is 4.62. The van der Waals surface area contributed by atoms with Crippen LogP contribution in [0.1, 0.15) is 34.5 Å². The Morgan fingerprint density at radius 3 is 2.43 bits per heavy atom. The summed E-state index contributed by atoms with van der Waals surface area (Å²) in [5.41, 5.74) is 1.49. The molecule has 0 saturated carbocycles. The summed E-state index contributed by atoms with van der Waals surface area (Å²) in [5.74, 6) is -0.201. The number of carbonyl (C=O) groups excluding carboxylic acids is 1. The molecule has 8 heteroatoms. The standard InChI is InChI=1S/C15H12BrCl2NO3S/c1-8(19-23(21)22)11-6-13(16)12(7-14(11)18)15(20)9-2-4-10(17)5-3-9/h2-8,19H,1H3,(H,21,22). The maximum atomic E-state index is 12.6. The smallest absolute Gasteiger partial charge is 0.232 e. The fourth-order valence-electron chi connectivity index (χ4n) is 2.04. The second kappa shape index (κ2) is 7.88. The number of carbonyl (C=O) groups is 1. The van der Waals surface area contributed by atoms with Crippen LogP contribution in [0.4, 0.5) is 0 Å².